The highest BCUT2D eigenvalue weighted by Crippen LogP contribution is 2.32. The van der Waals surface area contributed by atoms with Crippen LogP contribution in [0.15, 0.2) is 36.4 Å². The number of ketones is 1. The Balaban J connectivity index is 1.75. The number of carboxylic acid groups (broad SMARTS) is 1. The van der Waals surface area contributed by atoms with Crippen molar-refractivity contribution in [1.82, 2.24) is 5.32 Å². The average Bonchev–Trinajstić information content (AvgIpc) is 3.38. The second-order valence-electron chi connectivity index (χ2n) is 7.53. The van der Waals surface area contributed by atoms with Gasteiger partial charge in [0.15, 0.2) is 5.78 Å². The van der Waals surface area contributed by atoms with Gasteiger partial charge in [0.1, 0.15) is 11.0 Å². The van der Waals surface area contributed by atoms with E-state index in [2.05, 4.69) is 12.2 Å². The summed E-state index contributed by atoms with van der Waals surface area (Å²) >= 11 is 1.17. The van der Waals surface area contributed by atoms with Crippen molar-refractivity contribution >= 4 is 29.0 Å². The smallest absolute Gasteiger partial charge is 0.345 e. The maximum Gasteiger partial charge on any atom is 0.345 e. The van der Waals surface area contributed by atoms with Gasteiger partial charge in [-0.05, 0) is 30.5 Å². The van der Waals surface area contributed by atoms with Crippen LogP contribution in [0.5, 0.6) is 0 Å². The highest BCUT2D eigenvalue weighted by Gasteiger charge is 2.25. The Morgan fingerprint density at radius 2 is 1.97 bits per heavy atom. The maximum atomic E-state index is 12.3. The summed E-state index contributed by atoms with van der Waals surface area (Å²) in [4.78, 5) is 36.1. The van der Waals surface area contributed by atoms with Crippen molar-refractivity contribution in [3.8, 4) is 0 Å². The van der Waals surface area contributed by atoms with E-state index in [0.717, 1.165) is 36.1 Å². The average molecular weight is 430 g/mol. The summed E-state index contributed by atoms with van der Waals surface area (Å²) in [6.45, 7) is 2.45. The number of benzene rings is 1. The van der Waals surface area contributed by atoms with Crippen molar-refractivity contribution in [2.45, 2.75) is 57.6 Å². The summed E-state index contributed by atoms with van der Waals surface area (Å²) in [7, 11) is 0. The van der Waals surface area contributed by atoms with Crippen molar-refractivity contribution in [2.75, 3.05) is 6.61 Å². The van der Waals surface area contributed by atoms with E-state index in [1.165, 1.54) is 11.3 Å². The van der Waals surface area contributed by atoms with Gasteiger partial charge in [0, 0.05) is 23.3 Å². The van der Waals surface area contributed by atoms with Crippen molar-refractivity contribution in [2.24, 2.45) is 0 Å². The summed E-state index contributed by atoms with van der Waals surface area (Å²) in [6, 6.07) is 10.6. The van der Waals surface area contributed by atoms with E-state index in [0.29, 0.717) is 25.0 Å². The van der Waals surface area contributed by atoms with Crippen LogP contribution in [0.25, 0.3) is 0 Å². The van der Waals surface area contributed by atoms with Crippen LogP contribution in [0.2, 0.25) is 0 Å². The van der Waals surface area contributed by atoms with Gasteiger partial charge in [0.25, 0.3) is 0 Å². The third-order valence-corrected chi connectivity index (χ3v) is 6.30. The number of hydrogen-bond acceptors (Lipinski definition) is 5. The highest BCUT2D eigenvalue weighted by atomic mass is 32.1. The lowest BCUT2D eigenvalue weighted by Crippen LogP contribution is -2.30. The normalized spacial score (nSPS) is 17.0. The van der Waals surface area contributed by atoms with Gasteiger partial charge in [-0.1, -0.05) is 44.0 Å². The Morgan fingerprint density at radius 3 is 2.57 bits per heavy atom. The standard InChI is InChI=1S/C23H27NO5S/c1-2-3-4-5-18(25)15-6-8-16(9-7-15)22(19-11-12-20(30-19)23(27)28)29-14-17-10-13-21(26)24-17/h6-9,11-12,17,22H,2-5,10,13-14H2,1H3,(H,24,26)(H,27,28)/t17?,22-/m0/s1. The number of amides is 1. The monoisotopic (exact) mass is 429 g/mol. The summed E-state index contributed by atoms with van der Waals surface area (Å²) in [5.74, 6) is -0.818. The number of rotatable bonds is 11. The summed E-state index contributed by atoms with van der Waals surface area (Å²) in [5.41, 5.74) is 1.53. The molecule has 1 aliphatic rings. The van der Waals surface area contributed by atoms with Crippen LogP contribution in [-0.2, 0) is 9.53 Å². The number of hydrogen-bond donors (Lipinski definition) is 2. The number of carbonyl (C=O) groups excluding carboxylic acids is 2. The maximum absolute atomic E-state index is 12.3. The molecule has 30 heavy (non-hydrogen) atoms. The molecule has 2 N–H and O–H groups in total. The molecule has 1 aromatic heterocycles. The number of unbranched alkanes of at least 4 members (excludes halogenated alkanes) is 2. The molecule has 2 atom stereocenters. The Labute approximate surface area is 180 Å². The second-order valence-corrected chi connectivity index (χ2v) is 8.64. The zero-order chi connectivity index (χ0) is 21.5. The lowest BCUT2D eigenvalue weighted by molar-refractivity contribution is -0.119. The van der Waals surface area contributed by atoms with Gasteiger partial charge in [0.2, 0.25) is 5.91 Å². The minimum atomic E-state index is -0.971. The molecule has 1 saturated heterocycles. The Hall–Kier alpha value is -2.51. The molecule has 160 valence electrons. The fraction of sp³-hybridized carbons (Fsp3) is 0.435. The number of nitrogens with one attached hydrogen (secondary N) is 1. The molecule has 2 aromatic rings. The number of carbonyl (C=O) groups is 3. The third kappa shape index (κ3) is 5.77. The molecule has 1 fully saturated rings. The van der Waals surface area contributed by atoms with Crippen LogP contribution in [0, 0.1) is 0 Å². The predicted octanol–water partition coefficient (Wildman–Crippen LogP) is 4.59. The van der Waals surface area contributed by atoms with Gasteiger partial charge in [-0.25, -0.2) is 4.79 Å². The lowest BCUT2D eigenvalue weighted by Gasteiger charge is -2.20. The second kappa shape index (κ2) is 10.5. The van der Waals surface area contributed by atoms with Crippen LogP contribution in [0.3, 0.4) is 0 Å². The van der Waals surface area contributed by atoms with Gasteiger partial charge < -0.3 is 15.2 Å². The molecule has 1 aromatic carbocycles. The van der Waals surface area contributed by atoms with E-state index in [1.807, 2.05) is 24.3 Å². The predicted molar refractivity (Wildman–Crippen MR) is 115 cm³/mol. The fourth-order valence-corrected chi connectivity index (χ4v) is 4.41. The first kappa shape index (κ1) is 22.2. The van der Waals surface area contributed by atoms with Crippen molar-refractivity contribution in [3.05, 3.63) is 57.3 Å². The Morgan fingerprint density at radius 1 is 1.20 bits per heavy atom. The lowest BCUT2D eigenvalue weighted by atomic mass is 10.0. The molecule has 0 spiro atoms. The van der Waals surface area contributed by atoms with Crippen LogP contribution >= 0.6 is 11.3 Å². The van der Waals surface area contributed by atoms with E-state index in [-0.39, 0.29) is 22.6 Å². The van der Waals surface area contributed by atoms with Gasteiger partial charge in [-0.15, -0.1) is 11.3 Å². The zero-order valence-electron chi connectivity index (χ0n) is 17.1. The highest BCUT2D eigenvalue weighted by molar-refractivity contribution is 7.14. The molecule has 6 nitrogen and oxygen atoms in total. The molecule has 0 aliphatic carbocycles. The molecular formula is C23H27NO5S. The van der Waals surface area contributed by atoms with Crippen LogP contribution in [-0.4, -0.2) is 35.4 Å². The van der Waals surface area contributed by atoms with E-state index in [9.17, 15) is 19.5 Å². The van der Waals surface area contributed by atoms with Crippen molar-refractivity contribution in [1.29, 1.82) is 0 Å². The fourth-order valence-electron chi connectivity index (χ4n) is 3.49. The Kier molecular flexibility index (Phi) is 7.76. The van der Waals surface area contributed by atoms with E-state index < -0.39 is 12.1 Å². The van der Waals surface area contributed by atoms with Gasteiger partial charge in [-0.3, -0.25) is 9.59 Å². The largest absolute Gasteiger partial charge is 0.477 e. The SMILES string of the molecule is CCCCCC(=O)c1ccc([C@H](OCC2CCC(=O)N2)c2ccc(C(=O)O)s2)cc1. The van der Waals surface area contributed by atoms with Gasteiger partial charge in [-0.2, -0.15) is 0 Å². The summed E-state index contributed by atoms with van der Waals surface area (Å²) in [5, 5.41) is 12.1. The Bertz CT molecular complexity index is 889. The molecule has 1 unspecified atom stereocenters. The molecule has 3 rings (SSSR count). The van der Waals surface area contributed by atoms with Gasteiger partial charge in [0.05, 0.1) is 12.6 Å². The van der Waals surface area contributed by atoms with E-state index >= 15 is 0 Å². The molecule has 2 heterocycles. The number of aromatic carboxylic acids is 1. The minimum absolute atomic E-state index is 0.0235. The first-order chi connectivity index (χ1) is 14.5. The quantitative estimate of drug-likeness (QED) is 0.402. The third-order valence-electron chi connectivity index (χ3n) is 5.19. The molecular weight excluding hydrogens is 402 g/mol. The number of Topliss-reactive ketones (excluding diaryl/α,β-unsaturated/α-hetero) is 1. The first-order valence-corrected chi connectivity index (χ1v) is 11.2. The van der Waals surface area contributed by atoms with Crippen LogP contribution in [0.4, 0.5) is 0 Å². The molecule has 0 saturated carbocycles. The summed E-state index contributed by atoms with van der Waals surface area (Å²) in [6.07, 6.45) is 4.32. The molecule has 1 amide bonds. The van der Waals surface area contributed by atoms with Crippen LogP contribution in [0.1, 0.15) is 82.0 Å². The molecule has 7 heteroatoms. The van der Waals surface area contributed by atoms with E-state index in [1.54, 1.807) is 12.1 Å². The number of carboxylic acids is 1. The minimum Gasteiger partial charge on any atom is -0.477 e. The van der Waals surface area contributed by atoms with E-state index in [4.69, 9.17) is 4.74 Å². The molecule has 1 aliphatic heterocycles. The molecule has 0 radical (unpaired) electrons. The van der Waals surface area contributed by atoms with Crippen molar-refractivity contribution in [3.63, 3.8) is 0 Å². The number of thiophene rings is 1. The summed E-state index contributed by atoms with van der Waals surface area (Å²) < 4.78 is 6.14. The van der Waals surface area contributed by atoms with Gasteiger partial charge >= 0.3 is 5.97 Å². The first-order valence-electron chi connectivity index (χ1n) is 10.3. The zero-order valence-corrected chi connectivity index (χ0v) is 17.9. The van der Waals surface area contributed by atoms with Crippen LogP contribution < -0.4 is 5.32 Å². The topological polar surface area (TPSA) is 92.7 Å². The van der Waals surface area contributed by atoms with Crippen molar-refractivity contribution < 1.29 is 24.2 Å². The number of ether oxygens (including phenoxy) is 1. The molecule has 0 bridgehead atoms.